The molecule has 4 rings (SSSR count). The molecular formula is C28H32N2O3. The summed E-state index contributed by atoms with van der Waals surface area (Å²) in [5, 5.41) is 0. The van der Waals surface area contributed by atoms with Crippen LogP contribution < -0.4 is 14.2 Å². The molecule has 5 heteroatoms. The quantitative estimate of drug-likeness (QED) is 0.292. The normalized spacial score (nSPS) is 11.5. The monoisotopic (exact) mass is 444 g/mol. The highest BCUT2D eigenvalue weighted by Crippen LogP contribution is 2.33. The summed E-state index contributed by atoms with van der Waals surface area (Å²) >= 11 is 0. The Morgan fingerprint density at radius 3 is 2.27 bits per heavy atom. The van der Waals surface area contributed by atoms with E-state index in [1.807, 2.05) is 36.4 Å². The molecule has 3 aromatic carbocycles. The Balaban J connectivity index is 1.52. The molecule has 0 N–H and O–H groups in total. The van der Waals surface area contributed by atoms with Crippen LogP contribution in [0.4, 0.5) is 0 Å². The van der Waals surface area contributed by atoms with Crippen LogP contribution in [0.3, 0.4) is 0 Å². The summed E-state index contributed by atoms with van der Waals surface area (Å²) in [6, 6.07) is 22.5. The molecule has 0 fully saturated rings. The van der Waals surface area contributed by atoms with Crippen LogP contribution in [0.5, 0.6) is 17.2 Å². The largest absolute Gasteiger partial charge is 0.494 e. The van der Waals surface area contributed by atoms with Crippen LogP contribution in [0.15, 0.2) is 66.7 Å². The Morgan fingerprint density at radius 2 is 1.58 bits per heavy atom. The average Bonchev–Trinajstić information content (AvgIpc) is 3.19. The van der Waals surface area contributed by atoms with E-state index >= 15 is 0 Å². The molecule has 5 nitrogen and oxygen atoms in total. The van der Waals surface area contributed by atoms with E-state index in [1.54, 1.807) is 14.2 Å². The number of hydrogen-bond donors (Lipinski definition) is 0. The number of rotatable bonds is 8. The number of ether oxygens (including phenoxy) is 3. The van der Waals surface area contributed by atoms with E-state index < -0.39 is 0 Å². The second kappa shape index (κ2) is 9.57. The predicted molar refractivity (Wildman–Crippen MR) is 134 cm³/mol. The number of aromatic nitrogens is 2. The van der Waals surface area contributed by atoms with E-state index in [0.717, 1.165) is 41.1 Å². The highest BCUT2D eigenvalue weighted by Gasteiger charge is 2.15. The van der Waals surface area contributed by atoms with E-state index in [1.165, 1.54) is 5.56 Å². The number of para-hydroxylation sites is 2. The number of aryl methyl sites for hydroxylation is 1. The molecule has 0 bridgehead atoms. The van der Waals surface area contributed by atoms with Crippen molar-refractivity contribution in [3.63, 3.8) is 0 Å². The molecule has 0 atom stereocenters. The van der Waals surface area contributed by atoms with Gasteiger partial charge in [-0.05, 0) is 59.9 Å². The molecule has 0 aliphatic carbocycles. The first-order valence-electron chi connectivity index (χ1n) is 11.3. The van der Waals surface area contributed by atoms with Crippen molar-refractivity contribution in [1.82, 2.24) is 9.55 Å². The lowest BCUT2D eigenvalue weighted by Gasteiger charge is -2.19. The number of nitrogens with zero attached hydrogens (tertiary/aromatic N) is 2. The van der Waals surface area contributed by atoms with Crippen LogP contribution in [0.2, 0.25) is 0 Å². The Morgan fingerprint density at radius 1 is 0.848 bits per heavy atom. The van der Waals surface area contributed by atoms with Gasteiger partial charge in [0.05, 0.1) is 31.9 Å². The zero-order valence-electron chi connectivity index (χ0n) is 20.1. The molecule has 0 amide bonds. The summed E-state index contributed by atoms with van der Waals surface area (Å²) in [6.45, 7) is 8.08. The van der Waals surface area contributed by atoms with Gasteiger partial charge in [0.2, 0.25) is 0 Å². The third-order valence-corrected chi connectivity index (χ3v) is 5.81. The molecule has 0 radical (unpaired) electrons. The highest BCUT2D eigenvalue weighted by molar-refractivity contribution is 5.81. The van der Waals surface area contributed by atoms with Gasteiger partial charge in [-0.15, -0.1) is 0 Å². The molecular weight excluding hydrogens is 412 g/mol. The molecule has 33 heavy (non-hydrogen) atoms. The highest BCUT2D eigenvalue weighted by atomic mass is 16.5. The molecule has 0 saturated heterocycles. The van der Waals surface area contributed by atoms with Crippen LogP contribution in [0.25, 0.3) is 22.4 Å². The third kappa shape index (κ3) is 4.98. The van der Waals surface area contributed by atoms with Gasteiger partial charge < -0.3 is 18.8 Å². The fourth-order valence-electron chi connectivity index (χ4n) is 3.96. The molecule has 0 unspecified atom stereocenters. The van der Waals surface area contributed by atoms with Crippen molar-refractivity contribution in [3.05, 3.63) is 72.3 Å². The van der Waals surface area contributed by atoms with Crippen LogP contribution >= 0.6 is 0 Å². The van der Waals surface area contributed by atoms with Gasteiger partial charge in [-0.3, -0.25) is 0 Å². The minimum Gasteiger partial charge on any atom is -0.494 e. The minimum atomic E-state index is 0.140. The molecule has 0 aliphatic rings. The summed E-state index contributed by atoms with van der Waals surface area (Å²) in [6.07, 6.45) is 0.863. The maximum atomic E-state index is 6.03. The van der Waals surface area contributed by atoms with E-state index in [9.17, 15) is 0 Å². The first-order valence-corrected chi connectivity index (χ1v) is 11.3. The first kappa shape index (κ1) is 22.7. The molecule has 1 heterocycles. The number of methoxy groups -OCH3 is 2. The third-order valence-electron chi connectivity index (χ3n) is 5.81. The SMILES string of the molecule is COc1ccc(-c2nc3ccccc3n2CCCOc2ccc(C(C)(C)C)cc2)cc1OC. The summed E-state index contributed by atoms with van der Waals surface area (Å²) in [7, 11) is 3.29. The van der Waals surface area contributed by atoms with Gasteiger partial charge >= 0.3 is 0 Å². The molecule has 0 aliphatic heterocycles. The van der Waals surface area contributed by atoms with Gasteiger partial charge in [0.1, 0.15) is 11.6 Å². The van der Waals surface area contributed by atoms with Crippen LogP contribution in [0, 0.1) is 0 Å². The number of benzene rings is 3. The van der Waals surface area contributed by atoms with Gasteiger partial charge in [-0.25, -0.2) is 4.98 Å². The first-order chi connectivity index (χ1) is 15.9. The molecule has 4 aromatic rings. The molecule has 0 saturated carbocycles. The summed E-state index contributed by atoms with van der Waals surface area (Å²) < 4.78 is 19.2. The molecule has 1 aromatic heterocycles. The summed E-state index contributed by atoms with van der Waals surface area (Å²) in [5.74, 6) is 3.20. The second-order valence-corrected chi connectivity index (χ2v) is 9.12. The Bertz CT molecular complexity index is 1220. The fourth-order valence-corrected chi connectivity index (χ4v) is 3.96. The Kier molecular flexibility index (Phi) is 6.59. The van der Waals surface area contributed by atoms with Gasteiger partial charge in [0, 0.05) is 12.1 Å². The van der Waals surface area contributed by atoms with Crippen LogP contribution in [-0.2, 0) is 12.0 Å². The summed E-state index contributed by atoms with van der Waals surface area (Å²) in [4.78, 5) is 4.91. The van der Waals surface area contributed by atoms with Crippen molar-refractivity contribution in [1.29, 1.82) is 0 Å². The van der Waals surface area contributed by atoms with Gasteiger partial charge in [0.15, 0.2) is 11.5 Å². The van der Waals surface area contributed by atoms with Crippen molar-refractivity contribution in [2.75, 3.05) is 20.8 Å². The van der Waals surface area contributed by atoms with Gasteiger partial charge in [0.25, 0.3) is 0 Å². The van der Waals surface area contributed by atoms with Crippen LogP contribution in [0.1, 0.15) is 32.8 Å². The zero-order chi connectivity index (χ0) is 23.4. The topological polar surface area (TPSA) is 45.5 Å². The number of imidazole rings is 1. The standard InChI is InChI=1S/C28H32N2O3/c1-28(2,3)21-12-14-22(15-13-21)33-18-8-17-30-24-10-7-6-9-23(24)29-27(30)20-11-16-25(31-4)26(19-20)32-5/h6-7,9-16,19H,8,17-18H2,1-5H3. The maximum absolute atomic E-state index is 6.03. The van der Waals surface area contributed by atoms with Crippen molar-refractivity contribution < 1.29 is 14.2 Å². The van der Waals surface area contributed by atoms with Crippen molar-refractivity contribution in [2.45, 2.75) is 39.2 Å². The molecule has 172 valence electrons. The smallest absolute Gasteiger partial charge is 0.161 e. The van der Waals surface area contributed by atoms with Crippen molar-refractivity contribution in [3.8, 4) is 28.6 Å². The second-order valence-electron chi connectivity index (χ2n) is 9.12. The summed E-state index contributed by atoms with van der Waals surface area (Å²) in [5.41, 5.74) is 4.52. The number of fused-ring (bicyclic) bond motifs is 1. The van der Waals surface area contributed by atoms with Gasteiger partial charge in [-0.1, -0.05) is 45.0 Å². The predicted octanol–water partition coefficient (Wildman–Crippen LogP) is 6.49. The Hall–Kier alpha value is -3.47. The van der Waals surface area contributed by atoms with E-state index in [4.69, 9.17) is 19.2 Å². The lowest BCUT2D eigenvalue weighted by atomic mass is 9.87. The molecule has 0 spiro atoms. The van der Waals surface area contributed by atoms with Crippen molar-refractivity contribution >= 4 is 11.0 Å². The van der Waals surface area contributed by atoms with Gasteiger partial charge in [-0.2, -0.15) is 0 Å². The zero-order valence-corrected chi connectivity index (χ0v) is 20.1. The lowest BCUT2D eigenvalue weighted by molar-refractivity contribution is 0.302. The van der Waals surface area contributed by atoms with E-state index in [0.29, 0.717) is 18.1 Å². The van der Waals surface area contributed by atoms with E-state index in [-0.39, 0.29) is 5.41 Å². The van der Waals surface area contributed by atoms with E-state index in [2.05, 4.69) is 55.7 Å². The fraction of sp³-hybridized carbons (Fsp3) is 0.321. The Labute approximate surface area is 195 Å². The average molecular weight is 445 g/mol. The maximum Gasteiger partial charge on any atom is 0.161 e. The lowest BCUT2D eigenvalue weighted by Crippen LogP contribution is -2.10. The van der Waals surface area contributed by atoms with Crippen LogP contribution in [-0.4, -0.2) is 30.4 Å². The minimum absolute atomic E-state index is 0.140. The van der Waals surface area contributed by atoms with Crippen molar-refractivity contribution in [2.24, 2.45) is 0 Å². The number of hydrogen-bond acceptors (Lipinski definition) is 4.